The maximum absolute atomic E-state index is 13.0. The number of carbonyl (C=O) groups excluding carboxylic acids is 1. The summed E-state index contributed by atoms with van der Waals surface area (Å²) in [6, 6.07) is 7.73. The molecule has 0 aliphatic heterocycles. The third kappa shape index (κ3) is 9.49. The van der Waals surface area contributed by atoms with Gasteiger partial charge in [-0.2, -0.15) is 0 Å². The molecule has 0 unspecified atom stereocenters. The summed E-state index contributed by atoms with van der Waals surface area (Å²) in [6.07, 6.45) is 3.11. The number of carbonyl (C=O) groups is 1. The molecule has 1 N–H and O–H groups in total. The number of hydrogen-bond donors (Lipinski definition) is 1. The lowest BCUT2D eigenvalue weighted by molar-refractivity contribution is -0.163. The molecule has 176 valence electrons. The van der Waals surface area contributed by atoms with Gasteiger partial charge in [-0.3, -0.25) is 4.79 Å². The molecule has 1 rings (SSSR count). The number of aliphatic hydroxyl groups is 1. The first-order valence-electron chi connectivity index (χ1n) is 11.1. The van der Waals surface area contributed by atoms with E-state index in [2.05, 4.69) is 42.5 Å². The number of ether oxygens (including phenoxy) is 3. The Labute approximate surface area is 201 Å². The topological polar surface area (TPSA) is 65.0 Å². The van der Waals surface area contributed by atoms with E-state index in [1.807, 2.05) is 49.1 Å². The zero-order valence-electron chi connectivity index (χ0n) is 19.7. The lowest BCUT2D eigenvalue weighted by Crippen LogP contribution is -2.38. The Morgan fingerprint density at radius 1 is 1.16 bits per heavy atom. The van der Waals surface area contributed by atoms with Crippen LogP contribution in [0.3, 0.4) is 0 Å². The lowest BCUT2D eigenvalue weighted by atomic mass is 9.86. The molecule has 0 spiro atoms. The largest absolute Gasteiger partial charge is 0.497 e. The van der Waals surface area contributed by atoms with Crippen LogP contribution in [0.5, 0.6) is 5.75 Å². The van der Waals surface area contributed by atoms with E-state index in [0.29, 0.717) is 6.61 Å². The molecule has 0 aromatic heterocycles. The highest BCUT2D eigenvalue weighted by atomic mass is 127. The van der Waals surface area contributed by atoms with Gasteiger partial charge in [-0.05, 0) is 53.4 Å². The van der Waals surface area contributed by atoms with Crippen LogP contribution in [0.4, 0.5) is 0 Å². The van der Waals surface area contributed by atoms with E-state index in [-0.39, 0.29) is 42.5 Å². The second-order valence-electron chi connectivity index (χ2n) is 8.47. The Balaban J connectivity index is 2.92. The monoisotopic (exact) mass is 546 g/mol. The average Bonchev–Trinajstić information content (AvgIpc) is 2.77. The molecule has 6 heteroatoms. The van der Waals surface area contributed by atoms with Crippen molar-refractivity contribution in [2.24, 2.45) is 23.7 Å². The average molecular weight is 546 g/mol. The van der Waals surface area contributed by atoms with Gasteiger partial charge < -0.3 is 19.3 Å². The predicted molar refractivity (Wildman–Crippen MR) is 133 cm³/mol. The number of benzene rings is 1. The van der Waals surface area contributed by atoms with Crippen LogP contribution in [0.2, 0.25) is 0 Å². The van der Waals surface area contributed by atoms with Gasteiger partial charge in [0.15, 0.2) is 0 Å². The molecule has 0 bridgehead atoms. The fourth-order valence-corrected chi connectivity index (χ4v) is 4.41. The van der Waals surface area contributed by atoms with Crippen molar-refractivity contribution in [1.29, 1.82) is 0 Å². The van der Waals surface area contributed by atoms with Crippen molar-refractivity contribution >= 4 is 28.6 Å². The molecular weight excluding hydrogens is 507 g/mol. The predicted octanol–water partition coefficient (Wildman–Crippen LogP) is 5.78. The molecule has 0 saturated heterocycles. The van der Waals surface area contributed by atoms with Gasteiger partial charge >= 0.3 is 5.97 Å². The number of aliphatic hydroxyl groups excluding tert-OH is 1. The van der Waals surface area contributed by atoms with Gasteiger partial charge in [-0.25, -0.2) is 0 Å². The summed E-state index contributed by atoms with van der Waals surface area (Å²) in [5, 5.41) is 9.48. The molecule has 0 heterocycles. The molecule has 0 amide bonds. The van der Waals surface area contributed by atoms with Crippen molar-refractivity contribution in [2.75, 3.05) is 13.7 Å². The molecule has 0 aliphatic rings. The Morgan fingerprint density at radius 3 is 2.32 bits per heavy atom. The van der Waals surface area contributed by atoms with Gasteiger partial charge in [0.1, 0.15) is 11.9 Å². The Morgan fingerprint density at radius 2 is 1.81 bits per heavy atom. The summed E-state index contributed by atoms with van der Waals surface area (Å²) < 4.78 is 19.3. The first-order chi connectivity index (χ1) is 14.8. The molecule has 0 fully saturated rings. The molecule has 5 nitrogen and oxygen atoms in total. The van der Waals surface area contributed by atoms with Crippen molar-refractivity contribution in [3.8, 4) is 5.75 Å². The maximum Gasteiger partial charge on any atom is 0.311 e. The van der Waals surface area contributed by atoms with Crippen LogP contribution < -0.4 is 4.74 Å². The van der Waals surface area contributed by atoms with E-state index in [4.69, 9.17) is 14.2 Å². The van der Waals surface area contributed by atoms with E-state index in [1.54, 1.807) is 7.11 Å². The number of halogens is 1. The molecule has 0 saturated carbocycles. The zero-order chi connectivity index (χ0) is 23.4. The minimum Gasteiger partial charge on any atom is -0.497 e. The summed E-state index contributed by atoms with van der Waals surface area (Å²) in [5.41, 5.74) is 1.01. The van der Waals surface area contributed by atoms with Crippen molar-refractivity contribution in [3.63, 3.8) is 0 Å². The van der Waals surface area contributed by atoms with Crippen molar-refractivity contribution in [2.45, 2.75) is 66.3 Å². The second kappa shape index (κ2) is 14.9. The maximum atomic E-state index is 13.0. The zero-order valence-corrected chi connectivity index (χ0v) is 21.9. The summed E-state index contributed by atoms with van der Waals surface area (Å²) in [6.45, 7) is 10.6. The fraction of sp³-hybridized carbons (Fsp3) is 0.640. The highest BCUT2D eigenvalue weighted by Gasteiger charge is 2.33. The van der Waals surface area contributed by atoms with Crippen LogP contribution >= 0.6 is 22.6 Å². The van der Waals surface area contributed by atoms with Gasteiger partial charge in [0.2, 0.25) is 0 Å². The number of hydrogen-bond acceptors (Lipinski definition) is 5. The van der Waals surface area contributed by atoms with Crippen LogP contribution in [-0.2, 0) is 20.9 Å². The molecule has 0 aliphatic carbocycles. The van der Waals surface area contributed by atoms with E-state index < -0.39 is 5.92 Å². The quantitative estimate of drug-likeness (QED) is 0.237. The van der Waals surface area contributed by atoms with Crippen LogP contribution in [0.15, 0.2) is 34.4 Å². The first kappa shape index (κ1) is 27.9. The van der Waals surface area contributed by atoms with E-state index >= 15 is 0 Å². The summed E-state index contributed by atoms with van der Waals surface area (Å²) in [5.74, 6) is 0.538. The highest BCUT2D eigenvalue weighted by molar-refractivity contribution is 14.1. The van der Waals surface area contributed by atoms with Gasteiger partial charge in [-0.1, -0.05) is 68.5 Å². The summed E-state index contributed by atoms with van der Waals surface area (Å²) >= 11 is 2.18. The normalized spacial score (nSPS) is 17.5. The van der Waals surface area contributed by atoms with Crippen LogP contribution in [0, 0.1) is 23.7 Å². The molecule has 6 atom stereocenters. The Hall–Kier alpha value is -1.12. The smallest absolute Gasteiger partial charge is 0.311 e. The Kier molecular flexibility index (Phi) is 13.4. The molecular formula is C25H39IO5. The van der Waals surface area contributed by atoms with E-state index in [0.717, 1.165) is 24.2 Å². The van der Waals surface area contributed by atoms with Crippen LogP contribution in [-0.4, -0.2) is 37.0 Å². The Bertz CT molecular complexity index is 660. The van der Waals surface area contributed by atoms with E-state index in [9.17, 15) is 9.90 Å². The minimum atomic E-state index is -0.413. The van der Waals surface area contributed by atoms with Gasteiger partial charge in [0, 0.05) is 12.5 Å². The van der Waals surface area contributed by atoms with E-state index in [1.165, 1.54) is 0 Å². The summed E-state index contributed by atoms with van der Waals surface area (Å²) in [7, 11) is 1.64. The van der Waals surface area contributed by atoms with Crippen molar-refractivity contribution in [3.05, 3.63) is 40.0 Å². The van der Waals surface area contributed by atoms with Crippen LogP contribution in [0.1, 0.15) is 53.0 Å². The highest BCUT2D eigenvalue weighted by Crippen LogP contribution is 2.27. The minimum absolute atomic E-state index is 0.0923. The van der Waals surface area contributed by atoms with Crippen molar-refractivity contribution in [1.82, 2.24) is 0 Å². The van der Waals surface area contributed by atoms with Crippen molar-refractivity contribution < 1.29 is 24.1 Å². The number of methoxy groups -OCH3 is 1. The second-order valence-corrected chi connectivity index (χ2v) is 9.19. The standard InChI is InChI=1S/C25H39IO5/c1-7-23(18(3)12-13-26)31-25(28)20(5)24(19(4)14-17(2)15-27)30-16-21-8-10-22(29-6)11-9-21/h8-13,17-20,23-24,27H,7,14-16H2,1-6H3/b13-12+/t17-,18-,19+,20-,23-,24+/m1/s1. The van der Waals surface area contributed by atoms with Gasteiger partial charge in [0.05, 0.1) is 25.7 Å². The third-order valence-electron chi connectivity index (χ3n) is 5.75. The molecule has 0 radical (unpaired) electrons. The first-order valence-corrected chi connectivity index (χ1v) is 12.3. The molecule has 1 aromatic carbocycles. The number of rotatable bonds is 14. The van der Waals surface area contributed by atoms with Crippen LogP contribution in [0.25, 0.3) is 0 Å². The SMILES string of the molecule is CC[C@@H](OC(=O)[C@H](C)[C@@H](OCc1ccc(OC)cc1)[C@@H](C)C[C@@H](C)CO)[C@H](C)/C=C/I. The van der Waals surface area contributed by atoms with Gasteiger partial charge in [-0.15, -0.1) is 0 Å². The lowest BCUT2D eigenvalue weighted by Gasteiger charge is -2.31. The van der Waals surface area contributed by atoms with Gasteiger partial charge in [0.25, 0.3) is 0 Å². The molecule has 1 aromatic rings. The third-order valence-corrected chi connectivity index (χ3v) is 6.16. The summed E-state index contributed by atoms with van der Waals surface area (Å²) in [4.78, 5) is 13.0. The fourth-order valence-electron chi connectivity index (χ4n) is 3.75. The number of esters is 1. The molecule has 31 heavy (non-hydrogen) atoms.